The molecule has 0 saturated carbocycles. The molecule has 5 rings (SSSR count). The third kappa shape index (κ3) is 4.68. The standard InChI is InChI=1S/C27H20ClF2N5/c1-2-21(22-11-9-19(29)14-24(22)28)26(18-8-12-25-23(13-18)27(30)34-33-25)17-6-3-16(4-7-17)5-10-20-15-31-35-32-20/h3-14H,2,15H2,1H3,(H,33,34)/b10-5+,26-21+. The number of nitrogens with one attached hydrogen (secondary N) is 1. The molecular weight excluding hydrogens is 468 g/mol. The van der Waals surface area contributed by atoms with Crippen molar-refractivity contribution >= 4 is 45.4 Å². The largest absolute Gasteiger partial charge is 0.252 e. The van der Waals surface area contributed by atoms with Crippen LogP contribution in [0.2, 0.25) is 5.02 Å². The summed E-state index contributed by atoms with van der Waals surface area (Å²) in [4.78, 5) is 0. The van der Waals surface area contributed by atoms with E-state index in [4.69, 9.17) is 11.6 Å². The van der Waals surface area contributed by atoms with Crippen molar-refractivity contribution in [1.82, 2.24) is 10.2 Å². The number of fused-ring (bicyclic) bond motifs is 1. The smallest absolute Gasteiger partial charge is 0.216 e. The van der Waals surface area contributed by atoms with Crippen LogP contribution in [0.5, 0.6) is 0 Å². The highest BCUT2D eigenvalue weighted by Crippen LogP contribution is 2.38. The van der Waals surface area contributed by atoms with Crippen LogP contribution in [-0.4, -0.2) is 22.5 Å². The fourth-order valence-corrected chi connectivity index (χ4v) is 4.43. The highest BCUT2D eigenvalue weighted by atomic mass is 35.5. The van der Waals surface area contributed by atoms with Crippen molar-refractivity contribution in [3.8, 4) is 0 Å². The van der Waals surface area contributed by atoms with Gasteiger partial charge in [-0.3, -0.25) is 5.10 Å². The lowest BCUT2D eigenvalue weighted by Gasteiger charge is -2.17. The third-order valence-electron chi connectivity index (χ3n) is 5.84. The number of hydrogen-bond acceptors (Lipinski definition) is 4. The second-order valence-electron chi connectivity index (χ2n) is 8.04. The summed E-state index contributed by atoms with van der Waals surface area (Å²) in [6, 6.07) is 17.8. The predicted octanol–water partition coefficient (Wildman–Crippen LogP) is 7.70. The lowest BCUT2D eigenvalue weighted by atomic mass is 9.87. The van der Waals surface area contributed by atoms with Crippen molar-refractivity contribution in [1.29, 1.82) is 0 Å². The van der Waals surface area contributed by atoms with E-state index in [-0.39, 0.29) is 0 Å². The number of halogens is 3. The second kappa shape index (κ2) is 9.72. The molecular formula is C27H20ClF2N5. The maximum absolute atomic E-state index is 14.3. The van der Waals surface area contributed by atoms with Gasteiger partial charge in [-0.1, -0.05) is 61.0 Å². The molecule has 35 heavy (non-hydrogen) atoms. The zero-order valence-corrected chi connectivity index (χ0v) is 19.5. The fourth-order valence-electron chi connectivity index (χ4n) is 4.15. The third-order valence-corrected chi connectivity index (χ3v) is 6.16. The molecule has 0 unspecified atom stereocenters. The number of aromatic nitrogens is 2. The van der Waals surface area contributed by atoms with Gasteiger partial charge in [-0.25, -0.2) is 4.39 Å². The van der Waals surface area contributed by atoms with Gasteiger partial charge in [0.15, 0.2) is 0 Å². The van der Waals surface area contributed by atoms with Gasteiger partial charge in [-0.05, 0) is 75.4 Å². The van der Waals surface area contributed by atoms with E-state index in [1.54, 1.807) is 18.2 Å². The van der Waals surface area contributed by atoms with Crippen molar-refractivity contribution in [2.45, 2.75) is 13.3 Å². The topological polar surface area (TPSA) is 65.8 Å². The Bertz CT molecular complexity index is 1530. The minimum Gasteiger partial charge on any atom is -0.252 e. The number of hydrogen-bond donors (Lipinski definition) is 1. The summed E-state index contributed by atoms with van der Waals surface area (Å²) < 4.78 is 28.1. The summed E-state index contributed by atoms with van der Waals surface area (Å²) in [6.07, 6.45) is 4.46. The average Bonchev–Trinajstić information content (AvgIpc) is 3.52. The summed E-state index contributed by atoms with van der Waals surface area (Å²) in [7, 11) is 0. The number of nitrogens with zero attached hydrogens (tertiary/aromatic N) is 4. The zero-order valence-electron chi connectivity index (χ0n) is 18.8. The van der Waals surface area contributed by atoms with Gasteiger partial charge in [-0.2, -0.15) is 14.6 Å². The van der Waals surface area contributed by atoms with Crippen LogP contribution < -0.4 is 0 Å². The Morgan fingerprint density at radius 3 is 2.51 bits per heavy atom. The number of benzene rings is 3. The summed E-state index contributed by atoms with van der Waals surface area (Å²) in [5.41, 5.74) is 6.59. The molecule has 1 aliphatic rings. The van der Waals surface area contributed by atoms with Gasteiger partial charge in [0.2, 0.25) is 5.95 Å². The molecule has 1 aromatic heterocycles. The van der Waals surface area contributed by atoms with Gasteiger partial charge < -0.3 is 0 Å². The SMILES string of the molecule is CC/C(=C(/c1ccc(/C=C/C2=NN=NC2)cc1)c1ccc2n[nH]c(F)c2c1)c1ccc(F)cc1Cl. The van der Waals surface area contributed by atoms with Crippen molar-refractivity contribution in [2.75, 3.05) is 6.54 Å². The minimum atomic E-state index is -0.493. The van der Waals surface area contributed by atoms with Crippen molar-refractivity contribution in [3.05, 3.63) is 106 Å². The van der Waals surface area contributed by atoms with Gasteiger partial charge in [0.25, 0.3) is 0 Å². The van der Waals surface area contributed by atoms with Crippen LogP contribution in [0.25, 0.3) is 28.1 Å². The van der Waals surface area contributed by atoms with Crippen LogP contribution in [0.3, 0.4) is 0 Å². The first-order chi connectivity index (χ1) is 17.0. The molecule has 1 N–H and O–H groups in total. The quantitative estimate of drug-likeness (QED) is 0.278. The molecule has 5 nitrogen and oxygen atoms in total. The monoisotopic (exact) mass is 487 g/mol. The van der Waals surface area contributed by atoms with Crippen LogP contribution in [-0.2, 0) is 0 Å². The molecule has 4 aromatic rings. The number of rotatable bonds is 6. The lowest BCUT2D eigenvalue weighted by Crippen LogP contribution is -1.97. The maximum atomic E-state index is 14.3. The minimum absolute atomic E-state index is 0.322. The van der Waals surface area contributed by atoms with Crippen LogP contribution >= 0.6 is 11.6 Å². The first-order valence-corrected chi connectivity index (χ1v) is 11.5. The fraction of sp³-hybridized carbons (Fsp3) is 0.111. The number of H-pyrrole nitrogens is 1. The number of allylic oxidation sites excluding steroid dienone is 1. The number of aromatic amines is 1. The van der Waals surface area contributed by atoms with Crippen LogP contribution in [0.1, 0.15) is 35.6 Å². The van der Waals surface area contributed by atoms with Crippen LogP contribution in [0.4, 0.5) is 8.78 Å². The Balaban J connectivity index is 1.65. The summed E-state index contributed by atoms with van der Waals surface area (Å²) in [6.45, 7) is 2.49. The van der Waals surface area contributed by atoms with Gasteiger partial charge >= 0.3 is 0 Å². The molecule has 0 fully saturated rings. The highest BCUT2D eigenvalue weighted by Gasteiger charge is 2.17. The van der Waals surface area contributed by atoms with Crippen molar-refractivity contribution < 1.29 is 8.78 Å². The van der Waals surface area contributed by atoms with E-state index in [2.05, 4.69) is 25.6 Å². The Labute approximate surface area is 205 Å². The molecule has 0 atom stereocenters. The molecule has 0 bridgehead atoms. The highest BCUT2D eigenvalue weighted by molar-refractivity contribution is 6.32. The maximum Gasteiger partial charge on any atom is 0.216 e. The summed E-state index contributed by atoms with van der Waals surface area (Å²) in [5.74, 6) is -0.894. The molecule has 0 amide bonds. The van der Waals surface area contributed by atoms with E-state index in [0.717, 1.165) is 39.1 Å². The zero-order chi connectivity index (χ0) is 24.4. The molecule has 0 radical (unpaired) electrons. The van der Waals surface area contributed by atoms with Gasteiger partial charge in [0, 0.05) is 0 Å². The van der Waals surface area contributed by atoms with Crippen molar-refractivity contribution in [2.24, 2.45) is 15.4 Å². The van der Waals surface area contributed by atoms with E-state index in [9.17, 15) is 8.78 Å². The first-order valence-electron chi connectivity index (χ1n) is 11.1. The Hall–Kier alpha value is -3.97. The van der Waals surface area contributed by atoms with E-state index >= 15 is 0 Å². The summed E-state index contributed by atoms with van der Waals surface area (Å²) >= 11 is 6.47. The molecule has 0 spiro atoms. The molecule has 2 heterocycles. The van der Waals surface area contributed by atoms with Gasteiger partial charge in [0.05, 0.1) is 21.6 Å². The molecule has 0 aliphatic carbocycles. The molecule has 0 saturated heterocycles. The van der Waals surface area contributed by atoms with E-state index < -0.39 is 11.8 Å². The van der Waals surface area contributed by atoms with Crippen LogP contribution in [0, 0.1) is 11.8 Å². The molecule has 8 heteroatoms. The van der Waals surface area contributed by atoms with Crippen molar-refractivity contribution in [3.63, 3.8) is 0 Å². The van der Waals surface area contributed by atoms with Gasteiger partial charge in [-0.15, -0.1) is 5.10 Å². The molecule has 3 aromatic carbocycles. The van der Waals surface area contributed by atoms with E-state index in [1.165, 1.54) is 12.1 Å². The second-order valence-corrected chi connectivity index (χ2v) is 8.44. The van der Waals surface area contributed by atoms with E-state index in [1.807, 2.05) is 49.4 Å². The Kier molecular flexibility index (Phi) is 6.33. The Morgan fingerprint density at radius 2 is 1.80 bits per heavy atom. The average molecular weight is 488 g/mol. The van der Waals surface area contributed by atoms with Gasteiger partial charge in [0.1, 0.15) is 12.4 Å². The molecule has 1 aliphatic heterocycles. The first kappa shape index (κ1) is 22.8. The Morgan fingerprint density at radius 1 is 1.00 bits per heavy atom. The predicted molar refractivity (Wildman–Crippen MR) is 136 cm³/mol. The normalized spacial score (nSPS) is 14.1. The van der Waals surface area contributed by atoms with E-state index in [0.29, 0.717) is 28.9 Å². The van der Waals surface area contributed by atoms with Crippen LogP contribution in [0.15, 0.2) is 82.2 Å². The molecule has 174 valence electrons. The lowest BCUT2D eigenvalue weighted by molar-refractivity contribution is 0.588. The summed E-state index contributed by atoms with van der Waals surface area (Å²) in [5, 5.41) is 18.5.